The van der Waals surface area contributed by atoms with E-state index >= 15 is 0 Å². The van der Waals surface area contributed by atoms with Crippen LogP contribution in [0.1, 0.15) is 17.6 Å². The molecule has 1 heterocycles. The zero-order valence-corrected chi connectivity index (χ0v) is 6.95. The lowest BCUT2D eigenvalue weighted by molar-refractivity contribution is 0.150. The Morgan fingerprint density at radius 2 is 2.17 bits per heavy atom. The van der Waals surface area contributed by atoms with Crippen LogP contribution in [-0.2, 0) is 0 Å². The molecule has 1 rings (SSSR count). The lowest BCUT2D eigenvalue weighted by Crippen LogP contribution is -2.08. The zero-order valence-electron chi connectivity index (χ0n) is 6.20. The van der Waals surface area contributed by atoms with Crippen molar-refractivity contribution in [1.82, 2.24) is 4.98 Å². The largest absolute Gasteiger partial charge is 0.313 e. The first-order valence-electron chi connectivity index (χ1n) is 3.20. The number of pyridine rings is 1. The maximum Gasteiger partial charge on any atom is 0.264 e. The van der Waals surface area contributed by atoms with Crippen LogP contribution in [0.5, 0.6) is 0 Å². The molecule has 2 nitrogen and oxygen atoms in total. The van der Waals surface area contributed by atoms with Gasteiger partial charge < -0.3 is 4.98 Å². The average Bonchev–Trinajstić information content (AvgIpc) is 1.96. The van der Waals surface area contributed by atoms with Crippen LogP contribution >= 0.6 is 11.6 Å². The molecule has 0 saturated heterocycles. The van der Waals surface area contributed by atoms with Gasteiger partial charge in [-0.25, -0.2) is 8.78 Å². The minimum Gasteiger partial charge on any atom is -0.313 e. The van der Waals surface area contributed by atoms with E-state index in [4.69, 9.17) is 11.6 Å². The van der Waals surface area contributed by atoms with Gasteiger partial charge in [0.25, 0.3) is 6.43 Å². The standard InChI is InChI=1S/C7H6ClF2NO/c1-3-4(7(9)10)2-5(12)11-6(3)8/h2,7H,1H3,(H,11,12). The molecular formula is C7H6ClF2NO. The van der Waals surface area contributed by atoms with Crippen LogP contribution in [0.25, 0.3) is 0 Å². The van der Waals surface area contributed by atoms with Gasteiger partial charge in [0.1, 0.15) is 5.15 Å². The van der Waals surface area contributed by atoms with Gasteiger partial charge in [0.05, 0.1) is 0 Å². The van der Waals surface area contributed by atoms with Crippen LogP contribution in [0.3, 0.4) is 0 Å². The van der Waals surface area contributed by atoms with Crippen molar-refractivity contribution in [2.24, 2.45) is 0 Å². The van der Waals surface area contributed by atoms with Crippen molar-refractivity contribution in [2.45, 2.75) is 13.3 Å². The third-order valence-electron chi connectivity index (χ3n) is 1.52. The Bertz CT molecular complexity index is 348. The lowest BCUT2D eigenvalue weighted by Gasteiger charge is -2.04. The highest BCUT2D eigenvalue weighted by Crippen LogP contribution is 2.23. The molecule has 12 heavy (non-hydrogen) atoms. The summed E-state index contributed by atoms with van der Waals surface area (Å²) in [6.45, 7) is 1.43. The zero-order chi connectivity index (χ0) is 9.30. The summed E-state index contributed by atoms with van der Waals surface area (Å²) in [5.41, 5.74) is -0.712. The molecule has 0 radical (unpaired) electrons. The molecule has 0 amide bonds. The van der Waals surface area contributed by atoms with E-state index < -0.39 is 12.0 Å². The van der Waals surface area contributed by atoms with E-state index in [9.17, 15) is 13.6 Å². The molecular weight excluding hydrogens is 188 g/mol. The monoisotopic (exact) mass is 193 g/mol. The molecule has 0 aliphatic carbocycles. The molecule has 0 unspecified atom stereocenters. The maximum atomic E-state index is 12.2. The van der Waals surface area contributed by atoms with Crippen molar-refractivity contribution in [2.75, 3.05) is 0 Å². The van der Waals surface area contributed by atoms with E-state index in [-0.39, 0.29) is 16.3 Å². The Labute approximate surface area is 72.2 Å². The summed E-state index contributed by atoms with van der Waals surface area (Å²) in [4.78, 5) is 12.9. The number of hydrogen-bond acceptors (Lipinski definition) is 1. The van der Waals surface area contributed by atoms with Crippen LogP contribution < -0.4 is 5.56 Å². The van der Waals surface area contributed by atoms with E-state index in [0.29, 0.717) is 0 Å². The molecule has 0 spiro atoms. The SMILES string of the molecule is Cc1c(C(F)F)cc(=O)[nH]c1Cl. The predicted octanol–water partition coefficient (Wildman–Crippen LogP) is 2.27. The molecule has 1 N–H and O–H groups in total. The Kier molecular flexibility index (Phi) is 2.47. The number of H-pyrrole nitrogens is 1. The van der Waals surface area contributed by atoms with E-state index in [0.717, 1.165) is 6.07 Å². The minimum atomic E-state index is -2.66. The van der Waals surface area contributed by atoms with Gasteiger partial charge in [-0.3, -0.25) is 4.79 Å². The minimum absolute atomic E-state index is 0.0298. The van der Waals surface area contributed by atoms with Gasteiger partial charge >= 0.3 is 0 Å². The third kappa shape index (κ3) is 1.64. The Balaban J connectivity index is 3.38. The molecule has 0 aromatic carbocycles. The lowest BCUT2D eigenvalue weighted by atomic mass is 10.2. The van der Waals surface area contributed by atoms with Crippen molar-refractivity contribution in [3.63, 3.8) is 0 Å². The Morgan fingerprint density at radius 1 is 1.58 bits per heavy atom. The van der Waals surface area contributed by atoms with Crippen molar-refractivity contribution >= 4 is 11.6 Å². The molecule has 0 aliphatic rings. The van der Waals surface area contributed by atoms with Gasteiger partial charge in [-0.2, -0.15) is 0 Å². The van der Waals surface area contributed by atoms with Gasteiger partial charge in [0.15, 0.2) is 0 Å². The van der Waals surface area contributed by atoms with Crippen molar-refractivity contribution in [3.8, 4) is 0 Å². The van der Waals surface area contributed by atoms with Crippen LogP contribution in [0.4, 0.5) is 8.78 Å². The van der Waals surface area contributed by atoms with Crippen molar-refractivity contribution in [1.29, 1.82) is 0 Å². The number of rotatable bonds is 1. The summed E-state index contributed by atoms with van der Waals surface area (Å²) in [7, 11) is 0. The first kappa shape index (κ1) is 9.19. The molecule has 1 aromatic rings. The smallest absolute Gasteiger partial charge is 0.264 e. The van der Waals surface area contributed by atoms with E-state index in [1.54, 1.807) is 0 Å². The van der Waals surface area contributed by atoms with Gasteiger partial charge in [0.2, 0.25) is 5.56 Å². The third-order valence-corrected chi connectivity index (χ3v) is 1.89. The van der Waals surface area contributed by atoms with Crippen LogP contribution in [-0.4, -0.2) is 4.98 Å². The number of hydrogen-bond donors (Lipinski definition) is 1. The molecule has 0 bridgehead atoms. The number of aromatic nitrogens is 1. The van der Waals surface area contributed by atoms with E-state index in [2.05, 4.69) is 4.98 Å². The maximum absolute atomic E-state index is 12.2. The molecule has 66 valence electrons. The number of aromatic amines is 1. The molecule has 0 aliphatic heterocycles. The number of nitrogens with one attached hydrogen (secondary N) is 1. The highest BCUT2D eigenvalue weighted by molar-refractivity contribution is 6.30. The summed E-state index contributed by atoms with van der Waals surface area (Å²) in [5.74, 6) is 0. The highest BCUT2D eigenvalue weighted by atomic mass is 35.5. The van der Waals surface area contributed by atoms with Gasteiger partial charge in [0, 0.05) is 11.6 Å². The average molecular weight is 194 g/mol. The van der Waals surface area contributed by atoms with Gasteiger partial charge in [-0.05, 0) is 12.5 Å². The normalized spacial score (nSPS) is 10.8. The summed E-state index contributed by atoms with van der Waals surface area (Å²) in [5, 5.41) is -0.0298. The van der Waals surface area contributed by atoms with E-state index in [1.807, 2.05) is 0 Å². The summed E-state index contributed by atoms with van der Waals surface area (Å²) in [6, 6.07) is 0.853. The van der Waals surface area contributed by atoms with Crippen molar-refractivity contribution < 1.29 is 8.78 Å². The number of alkyl halides is 2. The second-order valence-electron chi connectivity index (χ2n) is 2.33. The molecule has 0 saturated carbocycles. The molecule has 0 fully saturated rings. The van der Waals surface area contributed by atoms with Crippen LogP contribution in [0, 0.1) is 6.92 Å². The molecule has 0 atom stereocenters. The first-order chi connectivity index (χ1) is 5.52. The van der Waals surface area contributed by atoms with Crippen LogP contribution in [0.15, 0.2) is 10.9 Å². The quantitative estimate of drug-likeness (QED) is 0.682. The second kappa shape index (κ2) is 3.23. The molecule has 1 aromatic heterocycles. The van der Waals surface area contributed by atoms with Crippen LogP contribution in [0.2, 0.25) is 5.15 Å². The summed E-state index contributed by atoms with van der Waals surface area (Å²) >= 11 is 5.47. The predicted molar refractivity (Wildman–Crippen MR) is 41.8 cm³/mol. The second-order valence-corrected chi connectivity index (χ2v) is 2.71. The summed E-state index contributed by atoms with van der Waals surface area (Å²) in [6.07, 6.45) is -2.66. The fraction of sp³-hybridized carbons (Fsp3) is 0.286. The fourth-order valence-corrected chi connectivity index (χ4v) is 1.04. The summed E-state index contributed by atoms with van der Waals surface area (Å²) < 4.78 is 24.4. The highest BCUT2D eigenvalue weighted by Gasteiger charge is 2.13. The van der Waals surface area contributed by atoms with Crippen molar-refractivity contribution in [3.05, 3.63) is 32.7 Å². The van der Waals surface area contributed by atoms with Gasteiger partial charge in [-0.15, -0.1) is 0 Å². The van der Waals surface area contributed by atoms with E-state index in [1.165, 1.54) is 6.92 Å². The topological polar surface area (TPSA) is 32.9 Å². The first-order valence-corrected chi connectivity index (χ1v) is 3.57. The Hall–Kier alpha value is -0.900. The van der Waals surface area contributed by atoms with Gasteiger partial charge in [-0.1, -0.05) is 11.6 Å². The molecule has 5 heteroatoms. The Morgan fingerprint density at radius 3 is 2.67 bits per heavy atom. The number of halogens is 3. The fourth-order valence-electron chi connectivity index (χ4n) is 0.841.